The van der Waals surface area contributed by atoms with Crippen LogP contribution in [-0.2, 0) is 9.59 Å². The van der Waals surface area contributed by atoms with Gasteiger partial charge in [-0.05, 0) is 97.2 Å². The highest BCUT2D eigenvalue weighted by Crippen LogP contribution is 2.75. The maximum atomic E-state index is 12.8. The third-order valence-electron chi connectivity index (χ3n) is 13.2. The van der Waals surface area contributed by atoms with Gasteiger partial charge >= 0.3 is 5.97 Å². The highest BCUT2D eigenvalue weighted by molar-refractivity contribution is 5.77. The van der Waals surface area contributed by atoms with Crippen molar-refractivity contribution in [3.05, 3.63) is 11.6 Å². The highest BCUT2D eigenvalue weighted by atomic mass is 16.4. The quantitative estimate of drug-likeness (QED) is 0.360. The molecule has 0 bridgehead atoms. The topological polar surface area (TPSA) is 94.8 Å². The molecule has 0 spiro atoms. The Bertz CT molecular complexity index is 970. The molecule has 5 aliphatic rings. The second kappa shape index (κ2) is 7.43. The first-order valence-electron chi connectivity index (χ1n) is 13.9. The van der Waals surface area contributed by atoms with Gasteiger partial charge in [0.1, 0.15) is 6.29 Å². The van der Waals surface area contributed by atoms with Crippen molar-refractivity contribution >= 4 is 12.3 Å². The molecule has 10 unspecified atom stereocenters. The fraction of sp³-hybridized carbons (Fsp3) is 0.867. The first-order chi connectivity index (χ1) is 16.1. The van der Waals surface area contributed by atoms with Crippen LogP contribution in [0.25, 0.3) is 0 Å². The molecule has 4 saturated carbocycles. The minimum absolute atomic E-state index is 0.0132. The molecule has 0 amide bonds. The molecule has 0 radical (unpaired) electrons. The van der Waals surface area contributed by atoms with Gasteiger partial charge in [0, 0.05) is 0 Å². The fourth-order valence-corrected chi connectivity index (χ4v) is 10.5. The summed E-state index contributed by atoms with van der Waals surface area (Å²) >= 11 is 0. The second-order valence-electron chi connectivity index (χ2n) is 14.8. The van der Waals surface area contributed by atoms with Crippen LogP contribution in [-0.4, -0.2) is 39.8 Å². The average Bonchev–Trinajstić information content (AvgIpc) is 2.78. The zero-order valence-corrected chi connectivity index (χ0v) is 22.6. The third kappa shape index (κ3) is 2.94. The van der Waals surface area contributed by atoms with Crippen LogP contribution in [0.3, 0.4) is 0 Å². The number of fused-ring (bicyclic) bond motifs is 7. The molecule has 4 fully saturated rings. The Morgan fingerprint density at radius 1 is 0.914 bits per heavy atom. The van der Waals surface area contributed by atoms with E-state index in [2.05, 4.69) is 40.7 Å². The summed E-state index contributed by atoms with van der Waals surface area (Å²) in [5, 5.41) is 32.2. The maximum absolute atomic E-state index is 12.8. The molecular weight excluding hydrogens is 440 g/mol. The van der Waals surface area contributed by atoms with Crippen LogP contribution in [0.4, 0.5) is 0 Å². The molecule has 5 rings (SSSR count). The maximum Gasteiger partial charge on any atom is 0.310 e. The third-order valence-corrected chi connectivity index (χ3v) is 13.2. The normalized spacial score (nSPS) is 54.9. The number of carbonyl (C=O) groups is 2. The molecule has 3 N–H and O–H groups in total. The number of carboxylic acids is 1. The van der Waals surface area contributed by atoms with Crippen LogP contribution in [0.5, 0.6) is 0 Å². The minimum Gasteiger partial charge on any atom is -0.481 e. The van der Waals surface area contributed by atoms with Crippen molar-refractivity contribution in [1.29, 1.82) is 0 Å². The minimum atomic E-state index is -0.879. The van der Waals surface area contributed by atoms with Crippen molar-refractivity contribution in [2.75, 3.05) is 0 Å². The molecule has 5 nitrogen and oxygen atoms in total. The van der Waals surface area contributed by atoms with E-state index in [4.69, 9.17) is 0 Å². The number of hydrogen-bond acceptors (Lipinski definition) is 4. The second-order valence-corrected chi connectivity index (χ2v) is 14.8. The van der Waals surface area contributed by atoms with Crippen LogP contribution in [0.2, 0.25) is 0 Å². The molecule has 5 heteroatoms. The van der Waals surface area contributed by atoms with E-state index >= 15 is 0 Å². The van der Waals surface area contributed by atoms with Crippen LogP contribution in [0.15, 0.2) is 11.6 Å². The van der Waals surface area contributed by atoms with Gasteiger partial charge < -0.3 is 20.1 Å². The van der Waals surface area contributed by atoms with Gasteiger partial charge in [-0.3, -0.25) is 4.79 Å². The number of allylic oxidation sites excluding steroid dienone is 2. The Hall–Kier alpha value is -1.20. The molecule has 0 aliphatic heterocycles. The molecule has 0 heterocycles. The smallest absolute Gasteiger partial charge is 0.310 e. The van der Waals surface area contributed by atoms with E-state index in [0.29, 0.717) is 31.6 Å². The van der Waals surface area contributed by atoms with E-state index in [0.717, 1.165) is 38.4 Å². The van der Waals surface area contributed by atoms with Crippen molar-refractivity contribution in [3.8, 4) is 0 Å². The van der Waals surface area contributed by atoms with Gasteiger partial charge in [-0.1, -0.05) is 53.2 Å². The lowest BCUT2D eigenvalue weighted by atomic mass is 9.33. The van der Waals surface area contributed by atoms with Gasteiger partial charge in [-0.25, -0.2) is 0 Å². The fourth-order valence-electron chi connectivity index (χ4n) is 10.5. The standard InChI is InChI=1S/C30H46O5/c1-25(2)15-19-18-7-8-21-26(3)11-10-22(32)27(4,17-31)20(26)9-12-29(21,6)28(18,5)13-14-30(19,24(34)35)16-23(25)33/h7,17,19-23,32-33H,8-16H2,1-6H3,(H,34,35). The van der Waals surface area contributed by atoms with Crippen molar-refractivity contribution in [3.63, 3.8) is 0 Å². The summed E-state index contributed by atoms with van der Waals surface area (Å²) in [7, 11) is 0. The van der Waals surface area contributed by atoms with Gasteiger partial charge in [0.2, 0.25) is 0 Å². The number of hydrogen-bond donors (Lipinski definition) is 3. The van der Waals surface area contributed by atoms with Crippen LogP contribution in [0.1, 0.15) is 99.3 Å². The predicted octanol–water partition coefficient (Wildman–Crippen LogP) is 5.38. The van der Waals surface area contributed by atoms with Crippen molar-refractivity contribution < 1.29 is 24.9 Å². The molecule has 0 aromatic heterocycles. The van der Waals surface area contributed by atoms with Gasteiger partial charge in [0.15, 0.2) is 0 Å². The van der Waals surface area contributed by atoms with E-state index in [-0.39, 0.29) is 33.5 Å². The zero-order chi connectivity index (χ0) is 25.8. The van der Waals surface area contributed by atoms with Crippen molar-refractivity contribution in [2.45, 2.75) is 112 Å². The van der Waals surface area contributed by atoms with Crippen LogP contribution in [0, 0.1) is 50.2 Å². The summed E-state index contributed by atoms with van der Waals surface area (Å²) in [6.45, 7) is 13.4. The number of carboxylic acid groups (broad SMARTS) is 1. The Morgan fingerprint density at radius 2 is 1.60 bits per heavy atom. The number of carbonyl (C=O) groups excluding carboxylic acids is 1. The summed E-state index contributed by atoms with van der Waals surface area (Å²) in [5.41, 5.74) is -0.672. The van der Waals surface area contributed by atoms with E-state index in [1.807, 2.05) is 6.92 Å². The largest absolute Gasteiger partial charge is 0.481 e. The Kier molecular flexibility index (Phi) is 5.40. The zero-order valence-electron chi connectivity index (χ0n) is 22.6. The molecule has 5 aliphatic carbocycles. The summed E-state index contributed by atoms with van der Waals surface area (Å²) in [6.07, 6.45) is 9.18. The molecule has 0 aromatic carbocycles. The van der Waals surface area contributed by atoms with E-state index in [1.54, 1.807) is 0 Å². The van der Waals surface area contributed by atoms with Crippen molar-refractivity contribution in [1.82, 2.24) is 0 Å². The molecule has 35 heavy (non-hydrogen) atoms. The first-order valence-corrected chi connectivity index (χ1v) is 13.9. The first kappa shape index (κ1) is 25.4. The number of aldehydes is 1. The predicted molar refractivity (Wildman–Crippen MR) is 134 cm³/mol. The van der Waals surface area contributed by atoms with Crippen LogP contribution >= 0.6 is 0 Å². The Balaban J connectivity index is 1.61. The van der Waals surface area contributed by atoms with E-state index in [9.17, 15) is 24.9 Å². The summed E-state index contributed by atoms with van der Waals surface area (Å²) in [6, 6.07) is 0. The molecule has 196 valence electrons. The van der Waals surface area contributed by atoms with Crippen molar-refractivity contribution in [2.24, 2.45) is 50.2 Å². The summed E-state index contributed by atoms with van der Waals surface area (Å²) in [5.74, 6) is -0.230. The van der Waals surface area contributed by atoms with Gasteiger partial charge in [0.25, 0.3) is 0 Å². The molecule has 0 saturated heterocycles. The monoisotopic (exact) mass is 486 g/mol. The van der Waals surface area contributed by atoms with E-state index < -0.39 is 29.0 Å². The highest BCUT2D eigenvalue weighted by Gasteiger charge is 2.70. The SMILES string of the molecule is CC1(C)CC2C3=CCC4C5(C)CCC(O)C(C)(C=O)C5CCC4(C)C3(C)CCC2(C(=O)O)CC1O. The van der Waals surface area contributed by atoms with Gasteiger partial charge in [-0.15, -0.1) is 0 Å². The number of aliphatic hydroxyl groups excluding tert-OH is 2. The van der Waals surface area contributed by atoms with Crippen LogP contribution < -0.4 is 0 Å². The van der Waals surface area contributed by atoms with E-state index in [1.165, 1.54) is 5.57 Å². The average molecular weight is 487 g/mol. The lowest BCUT2D eigenvalue weighted by Crippen LogP contribution is -2.66. The molecule has 10 atom stereocenters. The number of aliphatic carboxylic acids is 1. The molecular formula is C30H46O5. The summed E-state index contributed by atoms with van der Waals surface area (Å²) < 4.78 is 0. The molecule has 0 aromatic rings. The van der Waals surface area contributed by atoms with Gasteiger partial charge in [-0.2, -0.15) is 0 Å². The lowest BCUT2D eigenvalue weighted by molar-refractivity contribution is -0.207. The van der Waals surface area contributed by atoms with Gasteiger partial charge in [0.05, 0.1) is 23.0 Å². The lowest BCUT2D eigenvalue weighted by Gasteiger charge is -2.71. The summed E-state index contributed by atoms with van der Waals surface area (Å²) in [4.78, 5) is 25.1. The number of aliphatic hydroxyl groups is 2. The number of rotatable bonds is 2. The Labute approximate surface area is 210 Å². The Morgan fingerprint density at radius 3 is 2.23 bits per heavy atom.